The number of rotatable bonds is 15. The molecular weight excluding hydrogens is 1150 g/mol. The van der Waals surface area contributed by atoms with E-state index in [2.05, 4.69) is 16.0 Å². The molecule has 4 aromatic carbocycles. The molecule has 0 saturated carbocycles. The van der Waals surface area contributed by atoms with E-state index < -0.39 is 137 Å². The first kappa shape index (κ1) is 72.1. The van der Waals surface area contributed by atoms with Crippen molar-refractivity contribution in [2.45, 2.75) is 188 Å². The molecule has 0 spiro atoms. The molecule has 0 unspecified atom stereocenters. The molecule has 91 heavy (non-hydrogen) atoms. The van der Waals surface area contributed by atoms with Gasteiger partial charge in [0.15, 0.2) is 12.1 Å². The van der Waals surface area contributed by atoms with Crippen LogP contribution in [0.4, 0.5) is 0 Å². The summed E-state index contributed by atoms with van der Waals surface area (Å²) in [6.07, 6.45) is -0.0872. The Bertz CT molecular complexity index is 3170. The summed E-state index contributed by atoms with van der Waals surface area (Å²) in [6, 6.07) is 24.6. The topological polar surface area (TPSA) is 235 Å². The summed E-state index contributed by atoms with van der Waals surface area (Å²) < 4.78 is 6.15. The number of hydrogen-bond acceptors (Lipinski definition) is 11. The van der Waals surface area contributed by atoms with Crippen molar-refractivity contribution >= 4 is 53.2 Å². The zero-order chi connectivity index (χ0) is 67.3. The predicted octanol–water partition coefficient (Wildman–Crippen LogP) is 7.71. The largest absolute Gasteiger partial charge is 0.450 e. The van der Waals surface area contributed by atoms with Crippen LogP contribution >= 0.6 is 0 Å². The molecule has 0 bridgehead atoms. The lowest BCUT2D eigenvalue weighted by Crippen LogP contribution is -2.63. The number of nitrogens with one attached hydrogen (secondary N) is 3. The molecule has 8 amide bonds. The van der Waals surface area contributed by atoms with Crippen molar-refractivity contribution in [2.24, 2.45) is 29.6 Å². The Labute approximate surface area is 539 Å². The Morgan fingerprint density at radius 3 is 1.56 bits per heavy atom. The van der Waals surface area contributed by atoms with Crippen LogP contribution in [0.2, 0.25) is 0 Å². The minimum absolute atomic E-state index is 0.0133. The highest BCUT2D eigenvalue weighted by Gasteiger charge is 2.48. The van der Waals surface area contributed by atoms with E-state index in [1.165, 1.54) is 61.6 Å². The Hall–Kier alpha value is -7.93. The van der Waals surface area contributed by atoms with Crippen LogP contribution in [0.3, 0.4) is 0 Å². The highest BCUT2D eigenvalue weighted by Crippen LogP contribution is 2.30. The van der Waals surface area contributed by atoms with Crippen molar-refractivity contribution in [1.29, 1.82) is 0 Å². The number of esters is 1. The summed E-state index contributed by atoms with van der Waals surface area (Å²) >= 11 is 0. The average Bonchev–Trinajstić information content (AvgIpc) is 1.85. The quantitative estimate of drug-likeness (QED) is 0.0842. The lowest BCUT2D eigenvalue weighted by Gasteiger charge is -2.39. The third-order valence-electron chi connectivity index (χ3n) is 18.2. The van der Waals surface area contributed by atoms with Crippen LogP contribution in [0.1, 0.15) is 126 Å². The van der Waals surface area contributed by atoms with Crippen LogP contribution in [-0.4, -0.2) is 178 Å². The summed E-state index contributed by atoms with van der Waals surface area (Å²) in [5, 5.41) is 20.7. The van der Waals surface area contributed by atoms with E-state index in [0.717, 1.165) is 27.2 Å². The zero-order valence-electron chi connectivity index (χ0n) is 56.4. The second-order valence-electron chi connectivity index (χ2n) is 26.8. The van der Waals surface area contributed by atoms with Crippen molar-refractivity contribution in [3.05, 3.63) is 120 Å². The van der Waals surface area contributed by atoms with E-state index in [4.69, 9.17) is 4.74 Å². The summed E-state index contributed by atoms with van der Waals surface area (Å²) in [5.41, 5.74) is 3.27. The standard InChI is InChI=1S/C72H100N8O11/c1-17-46(9)58-69(87)77(14)59(44(5)6)64(82)73-54(39-43(3)4)67(85)79(16)62(72(11,12)90)71(89)91-61(47(10)18-2)70(88)78(15)60(45(7)8)65(83)74-55(41-48-27-21-19-22-28-48)66(84)76(13)57(68(86)80-38-26-33-56(80)63(81)75-58)42-49-29-25-32-53(40-49)52-36-34-51(35-37-52)50-30-23-20-24-31-50/h19-25,27-32,34-37,40,43-47,54-62,90H,17-18,26,33,38-39,41-42H2,1-16H3,(H,73,82)(H,74,83)(H,75,81)/t46-,47-,54-,55-,56-,57-,58-,59-,60-,61+,62+/m0/s1. The third kappa shape index (κ3) is 17.8. The first-order valence-corrected chi connectivity index (χ1v) is 32.4. The lowest BCUT2D eigenvalue weighted by molar-refractivity contribution is -0.177. The molecule has 4 aromatic rings. The van der Waals surface area contributed by atoms with Crippen molar-refractivity contribution < 1.29 is 53.0 Å². The lowest BCUT2D eigenvalue weighted by atomic mass is 9.93. The Balaban J connectivity index is 1.52. The Morgan fingerprint density at radius 2 is 1.02 bits per heavy atom. The summed E-state index contributed by atoms with van der Waals surface area (Å²) in [6.45, 7) is 20.7. The van der Waals surface area contributed by atoms with Gasteiger partial charge in [-0.2, -0.15) is 0 Å². The van der Waals surface area contributed by atoms with E-state index in [1.54, 1.807) is 53.7 Å². The van der Waals surface area contributed by atoms with Gasteiger partial charge >= 0.3 is 5.97 Å². The summed E-state index contributed by atoms with van der Waals surface area (Å²) in [5.74, 6) is -8.84. The highest BCUT2D eigenvalue weighted by atomic mass is 16.6. The van der Waals surface area contributed by atoms with Crippen molar-refractivity contribution in [1.82, 2.24) is 40.4 Å². The molecule has 2 fully saturated rings. The minimum atomic E-state index is -1.99. The fraction of sp³-hybridized carbons (Fsp3) is 0.542. The SMILES string of the molecule is CC[C@H](C)[C@@H]1NC(=O)[C@@H]2CCCN2C(=O)[C@H](Cc2cccc(-c3ccc(-c4ccccc4)cc3)c2)N(C)C(=O)[C@H](Cc2ccccc2)NC(=O)[C@H](C(C)C)N(C)C(=O)[C@@H]([C@@H](C)CC)OC(=O)[C@H](C(C)(C)O)N(C)C(=O)[C@H](CC(C)C)NC(=O)[C@H](C(C)C)N(C)C1=O. The molecular formula is C72H100N8O11. The molecule has 19 heteroatoms. The monoisotopic (exact) mass is 1250 g/mol. The molecule has 0 radical (unpaired) electrons. The molecule has 2 saturated heterocycles. The van der Waals surface area contributed by atoms with Gasteiger partial charge in [-0.1, -0.05) is 185 Å². The van der Waals surface area contributed by atoms with Crippen LogP contribution in [0.5, 0.6) is 0 Å². The number of benzene rings is 4. The average molecular weight is 1250 g/mol. The van der Waals surface area contributed by atoms with E-state index in [-0.39, 0.29) is 38.1 Å². The van der Waals surface area contributed by atoms with Crippen molar-refractivity contribution in [3.8, 4) is 22.3 Å². The van der Waals surface area contributed by atoms with Crippen LogP contribution in [0.15, 0.2) is 109 Å². The molecule has 2 aliphatic rings. The van der Waals surface area contributed by atoms with Crippen LogP contribution in [-0.2, 0) is 60.7 Å². The van der Waals surface area contributed by atoms with Gasteiger partial charge in [-0.3, -0.25) is 38.4 Å². The minimum Gasteiger partial charge on any atom is -0.450 e. The van der Waals surface area contributed by atoms with Gasteiger partial charge in [0.05, 0.1) is 5.60 Å². The van der Waals surface area contributed by atoms with Crippen LogP contribution < -0.4 is 16.0 Å². The molecule has 2 aliphatic heterocycles. The molecule has 19 nitrogen and oxygen atoms in total. The number of carbonyl (C=O) groups excluding carboxylic acids is 9. The molecule has 4 N–H and O–H groups in total. The molecule has 0 aliphatic carbocycles. The first-order valence-electron chi connectivity index (χ1n) is 32.4. The number of ether oxygens (including phenoxy) is 1. The van der Waals surface area contributed by atoms with Gasteiger partial charge in [-0.15, -0.1) is 0 Å². The molecule has 11 atom stereocenters. The van der Waals surface area contributed by atoms with E-state index >= 15 is 28.8 Å². The first-order chi connectivity index (χ1) is 42.9. The highest BCUT2D eigenvalue weighted by molar-refractivity contribution is 5.99. The van der Waals surface area contributed by atoms with E-state index in [0.29, 0.717) is 30.4 Å². The molecule has 0 aromatic heterocycles. The number of nitrogens with zero attached hydrogens (tertiary/aromatic N) is 5. The van der Waals surface area contributed by atoms with Crippen molar-refractivity contribution in [2.75, 3.05) is 34.7 Å². The second-order valence-corrected chi connectivity index (χ2v) is 26.8. The predicted molar refractivity (Wildman–Crippen MR) is 352 cm³/mol. The fourth-order valence-electron chi connectivity index (χ4n) is 12.7. The number of carbonyl (C=O) groups is 9. The number of cyclic esters (lactones) is 1. The smallest absolute Gasteiger partial charge is 0.332 e. The zero-order valence-corrected chi connectivity index (χ0v) is 56.4. The summed E-state index contributed by atoms with van der Waals surface area (Å²) in [7, 11) is 5.70. The van der Waals surface area contributed by atoms with Gasteiger partial charge in [-0.05, 0) is 96.6 Å². The normalized spacial score (nSPS) is 24.5. The number of likely N-dealkylation sites (N-methyl/N-ethyl adjacent to an activating group) is 4. The van der Waals surface area contributed by atoms with Crippen LogP contribution in [0, 0.1) is 29.6 Å². The number of fused-ring (bicyclic) bond motifs is 1. The number of amides is 8. The summed E-state index contributed by atoms with van der Waals surface area (Å²) in [4.78, 5) is 143. The second kappa shape index (κ2) is 31.9. The maximum absolute atomic E-state index is 15.8. The molecule has 494 valence electrons. The van der Waals surface area contributed by atoms with Gasteiger partial charge in [0, 0.05) is 53.5 Å². The van der Waals surface area contributed by atoms with Gasteiger partial charge < -0.3 is 50.3 Å². The van der Waals surface area contributed by atoms with E-state index in [1.807, 2.05) is 125 Å². The Morgan fingerprint density at radius 1 is 0.527 bits per heavy atom. The molecule has 2 heterocycles. The maximum Gasteiger partial charge on any atom is 0.332 e. The maximum atomic E-state index is 15.8. The van der Waals surface area contributed by atoms with Crippen LogP contribution in [0.25, 0.3) is 22.3 Å². The Kier molecular flexibility index (Phi) is 25.3. The van der Waals surface area contributed by atoms with Gasteiger partial charge in [0.25, 0.3) is 5.91 Å². The van der Waals surface area contributed by atoms with Gasteiger partial charge in [0.2, 0.25) is 41.4 Å². The van der Waals surface area contributed by atoms with Crippen molar-refractivity contribution in [3.63, 3.8) is 0 Å². The third-order valence-corrected chi connectivity index (χ3v) is 18.2. The number of aliphatic hydroxyl groups is 1. The number of hydrogen-bond donors (Lipinski definition) is 4. The van der Waals surface area contributed by atoms with Gasteiger partial charge in [0.1, 0.15) is 42.3 Å². The fourth-order valence-corrected chi connectivity index (χ4v) is 12.7. The van der Waals surface area contributed by atoms with E-state index in [9.17, 15) is 19.5 Å². The molecule has 6 rings (SSSR count). The van der Waals surface area contributed by atoms with Gasteiger partial charge in [-0.25, -0.2) is 4.79 Å².